The SMILES string of the molecule is COC(C)(C)CNC(=O)[C@H]1C[C@H]2C=C[C@H]1C2. The highest BCUT2D eigenvalue weighted by molar-refractivity contribution is 5.80. The highest BCUT2D eigenvalue weighted by Gasteiger charge is 2.39. The fourth-order valence-corrected chi connectivity index (χ4v) is 2.59. The molecule has 90 valence electrons. The number of allylic oxidation sites excluding steroid dienone is 2. The van der Waals surface area contributed by atoms with Crippen molar-refractivity contribution < 1.29 is 9.53 Å². The molecule has 0 heterocycles. The molecule has 1 saturated carbocycles. The van der Waals surface area contributed by atoms with Gasteiger partial charge in [-0.3, -0.25) is 4.79 Å². The number of nitrogens with one attached hydrogen (secondary N) is 1. The van der Waals surface area contributed by atoms with E-state index in [9.17, 15) is 4.79 Å². The molecule has 0 radical (unpaired) electrons. The van der Waals surface area contributed by atoms with Gasteiger partial charge in [0.2, 0.25) is 5.91 Å². The van der Waals surface area contributed by atoms with Gasteiger partial charge in [-0.25, -0.2) is 0 Å². The molecule has 16 heavy (non-hydrogen) atoms. The molecular weight excluding hydrogens is 202 g/mol. The van der Waals surface area contributed by atoms with Crippen molar-refractivity contribution in [2.75, 3.05) is 13.7 Å². The van der Waals surface area contributed by atoms with Gasteiger partial charge >= 0.3 is 0 Å². The number of carbonyl (C=O) groups is 1. The van der Waals surface area contributed by atoms with Crippen LogP contribution in [-0.2, 0) is 9.53 Å². The van der Waals surface area contributed by atoms with Crippen molar-refractivity contribution in [1.29, 1.82) is 0 Å². The van der Waals surface area contributed by atoms with Crippen molar-refractivity contribution in [3.8, 4) is 0 Å². The summed E-state index contributed by atoms with van der Waals surface area (Å²) < 4.78 is 5.28. The van der Waals surface area contributed by atoms with Gasteiger partial charge in [0.25, 0.3) is 0 Å². The second-order valence-electron chi connectivity index (χ2n) is 5.57. The number of hydrogen-bond acceptors (Lipinski definition) is 2. The van der Waals surface area contributed by atoms with Crippen molar-refractivity contribution >= 4 is 5.91 Å². The third-order valence-corrected chi connectivity index (χ3v) is 3.86. The Morgan fingerprint density at radius 1 is 1.44 bits per heavy atom. The summed E-state index contributed by atoms with van der Waals surface area (Å²) in [5, 5.41) is 3.00. The number of fused-ring (bicyclic) bond motifs is 2. The molecule has 0 aromatic rings. The molecule has 1 amide bonds. The number of amides is 1. The third-order valence-electron chi connectivity index (χ3n) is 3.86. The van der Waals surface area contributed by atoms with Crippen molar-refractivity contribution in [1.82, 2.24) is 5.32 Å². The lowest BCUT2D eigenvalue weighted by Crippen LogP contribution is -2.42. The van der Waals surface area contributed by atoms with Crippen LogP contribution in [0, 0.1) is 17.8 Å². The minimum atomic E-state index is -0.275. The van der Waals surface area contributed by atoms with Crippen LogP contribution in [0.1, 0.15) is 26.7 Å². The van der Waals surface area contributed by atoms with Crippen molar-refractivity contribution in [2.24, 2.45) is 17.8 Å². The average molecular weight is 223 g/mol. The molecule has 1 fully saturated rings. The van der Waals surface area contributed by atoms with E-state index >= 15 is 0 Å². The van der Waals surface area contributed by atoms with Crippen molar-refractivity contribution in [3.63, 3.8) is 0 Å². The lowest BCUT2D eigenvalue weighted by molar-refractivity contribution is -0.127. The highest BCUT2D eigenvalue weighted by atomic mass is 16.5. The predicted octanol–water partition coefficient (Wildman–Crippen LogP) is 1.74. The quantitative estimate of drug-likeness (QED) is 0.737. The molecule has 0 aromatic heterocycles. The number of hydrogen-bond donors (Lipinski definition) is 1. The molecule has 2 rings (SSSR count). The third kappa shape index (κ3) is 2.29. The number of carbonyl (C=O) groups excluding carboxylic acids is 1. The molecule has 0 aliphatic heterocycles. The van der Waals surface area contributed by atoms with E-state index in [1.165, 1.54) is 6.42 Å². The van der Waals surface area contributed by atoms with Crippen LogP contribution in [0.4, 0.5) is 0 Å². The van der Waals surface area contributed by atoms with Crippen LogP contribution in [0.25, 0.3) is 0 Å². The van der Waals surface area contributed by atoms with E-state index in [0.717, 1.165) is 6.42 Å². The van der Waals surface area contributed by atoms with Gasteiger partial charge in [0.1, 0.15) is 0 Å². The van der Waals surface area contributed by atoms with E-state index < -0.39 is 0 Å². The van der Waals surface area contributed by atoms with Crippen LogP contribution in [0.15, 0.2) is 12.2 Å². The number of methoxy groups -OCH3 is 1. The molecule has 2 aliphatic carbocycles. The Labute approximate surface area is 97.2 Å². The summed E-state index contributed by atoms with van der Waals surface area (Å²) in [7, 11) is 1.67. The van der Waals surface area contributed by atoms with Gasteiger partial charge in [-0.1, -0.05) is 12.2 Å². The zero-order valence-electron chi connectivity index (χ0n) is 10.3. The van der Waals surface area contributed by atoms with E-state index in [1.807, 2.05) is 13.8 Å². The summed E-state index contributed by atoms with van der Waals surface area (Å²) in [6.45, 7) is 4.54. The molecule has 0 saturated heterocycles. The van der Waals surface area contributed by atoms with E-state index in [-0.39, 0.29) is 17.4 Å². The summed E-state index contributed by atoms with van der Waals surface area (Å²) >= 11 is 0. The van der Waals surface area contributed by atoms with E-state index in [0.29, 0.717) is 18.4 Å². The van der Waals surface area contributed by atoms with Gasteiger partial charge in [0, 0.05) is 19.6 Å². The molecule has 2 bridgehead atoms. The second kappa shape index (κ2) is 4.21. The first-order valence-electron chi connectivity index (χ1n) is 6.03. The van der Waals surface area contributed by atoms with Gasteiger partial charge in [-0.15, -0.1) is 0 Å². The Kier molecular flexibility index (Phi) is 3.06. The van der Waals surface area contributed by atoms with Crippen molar-refractivity contribution in [3.05, 3.63) is 12.2 Å². The maximum Gasteiger partial charge on any atom is 0.223 e. The van der Waals surface area contributed by atoms with E-state index in [4.69, 9.17) is 4.74 Å². The Bertz CT molecular complexity index is 309. The smallest absolute Gasteiger partial charge is 0.223 e. The molecule has 0 spiro atoms. The summed E-state index contributed by atoms with van der Waals surface area (Å²) in [5.41, 5.74) is -0.275. The average Bonchev–Trinajstić information content (AvgIpc) is 2.87. The zero-order valence-corrected chi connectivity index (χ0v) is 10.3. The lowest BCUT2D eigenvalue weighted by atomic mass is 9.92. The maximum absolute atomic E-state index is 12.0. The van der Waals surface area contributed by atoms with Gasteiger partial charge in [-0.2, -0.15) is 0 Å². The topological polar surface area (TPSA) is 38.3 Å². The zero-order chi connectivity index (χ0) is 11.8. The van der Waals surface area contributed by atoms with Crippen LogP contribution in [0.2, 0.25) is 0 Å². The Hall–Kier alpha value is -0.830. The van der Waals surface area contributed by atoms with Crippen LogP contribution in [0.5, 0.6) is 0 Å². The van der Waals surface area contributed by atoms with E-state index in [1.54, 1.807) is 7.11 Å². The van der Waals surface area contributed by atoms with Gasteiger partial charge < -0.3 is 10.1 Å². The fourth-order valence-electron chi connectivity index (χ4n) is 2.59. The monoisotopic (exact) mass is 223 g/mol. The second-order valence-corrected chi connectivity index (χ2v) is 5.57. The summed E-state index contributed by atoms with van der Waals surface area (Å²) in [6, 6.07) is 0. The number of ether oxygens (including phenoxy) is 1. The molecule has 3 heteroatoms. The first-order valence-corrected chi connectivity index (χ1v) is 6.03. The first kappa shape index (κ1) is 11.6. The summed E-state index contributed by atoms with van der Waals surface area (Å²) in [6.07, 6.45) is 6.67. The number of rotatable bonds is 4. The minimum Gasteiger partial charge on any atom is -0.377 e. The summed E-state index contributed by atoms with van der Waals surface area (Å²) in [4.78, 5) is 12.0. The lowest BCUT2D eigenvalue weighted by Gasteiger charge is -2.25. The van der Waals surface area contributed by atoms with Crippen LogP contribution in [0.3, 0.4) is 0 Å². The molecule has 0 aromatic carbocycles. The molecule has 1 N–H and O–H groups in total. The molecule has 3 nitrogen and oxygen atoms in total. The summed E-state index contributed by atoms with van der Waals surface area (Å²) in [5.74, 6) is 1.52. The normalized spacial score (nSPS) is 32.1. The van der Waals surface area contributed by atoms with Crippen LogP contribution >= 0.6 is 0 Å². The first-order chi connectivity index (χ1) is 7.52. The maximum atomic E-state index is 12.0. The van der Waals surface area contributed by atoms with E-state index in [2.05, 4.69) is 17.5 Å². The van der Waals surface area contributed by atoms with Crippen LogP contribution < -0.4 is 5.32 Å². The fraction of sp³-hybridized carbons (Fsp3) is 0.769. The largest absolute Gasteiger partial charge is 0.377 e. The highest BCUT2D eigenvalue weighted by Crippen LogP contribution is 2.43. The Morgan fingerprint density at radius 3 is 2.69 bits per heavy atom. The molecule has 2 aliphatic rings. The molecular formula is C13H21NO2. The Balaban J connectivity index is 1.83. The Morgan fingerprint density at radius 2 is 2.19 bits per heavy atom. The standard InChI is InChI=1S/C13H21NO2/c1-13(2,16-3)8-14-12(15)11-7-9-4-5-10(11)6-9/h4-5,9-11H,6-8H2,1-3H3,(H,14,15)/t9-,10-,11-/m0/s1. The van der Waals surface area contributed by atoms with Crippen molar-refractivity contribution in [2.45, 2.75) is 32.3 Å². The van der Waals surface area contributed by atoms with Gasteiger partial charge in [0.05, 0.1) is 5.60 Å². The molecule has 0 unspecified atom stereocenters. The van der Waals surface area contributed by atoms with Gasteiger partial charge in [-0.05, 0) is 38.5 Å². The predicted molar refractivity (Wildman–Crippen MR) is 62.9 cm³/mol. The minimum absolute atomic E-state index is 0.196. The van der Waals surface area contributed by atoms with Gasteiger partial charge in [0.15, 0.2) is 0 Å². The van der Waals surface area contributed by atoms with Crippen LogP contribution in [-0.4, -0.2) is 25.2 Å². The molecule has 3 atom stereocenters.